The number of carbonyl (C=O) groups is 1. The molecule has 0 radical (unpaired) electrons. The van der Waals surface area contributed by atoms with Gasteiger partial charge in [0.25, 0.3) is 0 Å². The van der Waals surface area contributed by atoms with E-state index in [0.29, 0.717) is 5.92 Å². The van der Waals surface area contributed by atoms with Gasteiger partial charge in [0, 0.05) is 30.4 Å². The lowest BCUT2D eigenvalue weighted by Gasteiger charge is -2.13. The Morgan fingerprint density at radius 3 is 2.57 bits per heavy atom. The normalized spacial score (nSPS) is 18.0. The first kappa shape index (κ1) is 13.8. The van der Waals surface area contributed by atoms with Gasteiger partial charge in [-0.1, -0.05) is 29.8 Å². The molecule has 1 aliphatic rings. The summed E-state index contributed by atoms with van der Waals surface area (Å²) in [6.45, 7) is 5.75. The van der Waals surface area contributed by atoms with Crippen molar-refractivity contribution in [1.82, 2.24) is 9.88 Å². The molecule has 1 unspecified atom stereocenters. The molecule has 0 aliphatic carbocycles. The Hall–Kier alpha value is -2.16. The van der Waals surface area contributed by atoms with E-state index in [9.17, 15) is 4.79 Å². The van der Waals surface area contributed by atoms with Gasteiger partial charge in [-0.3, -0.25) is 9.78 Å². The summed E-state index contributed by atoms with van der Waals surface area (Å²) in [5.74, 6) is 0.360. The van der Waals surface area contributed by atoms with E-state index in [4.69, 9.17) is 0 Å². The summed E-state index contributed by atoms with van der Waals surface area (Å²) in [5.41, 5.74) is 5.84. The number of pyridine rings is 1. The number of aromatic nitrogens is 1. The molecule has 0 N–H and O–H groups in total. The molecule has 3 nitrogen and oxygen atoms in total. The molecule has 0 saturated carbocycles. The van der Waals surface area contributed by atoms with E-state index >= 15 is 0 Å². The average Bonchev–Trinajstić information content (AvgIpc) is 2.96. The lowest BCUT2D eigenvalue weighted by Crippen LogP contribution is -2.17. The zero-order chi connectivity index (χ0) is 14.8. The molecule has 1 saturated heterocycles. The molecule has 1 fully saturated rings. The maximum Gasteiger partial charge on any atom is 0.209 e. The average molecular weight is 280 g/mol. The third-order valence-corrected chi connectivity index (χ3v) is 4.15. The topological polar surface area (TPSA) is 33.2 Å². The number of aryl methyl sites for hydroxylation is 2. The third kappa shape index (κ3) is 2.97. The Morgan fingerprint density at radius 1 is 1.14 bits per heavy atom. The highest BCUT2D eigenvalue weighted by Gasteiger charge is 2.24. The molecule has 3 heteroatoms. The van der Waals surface area contributed by atoms with Gasteiger partial charge in [0.1, 0.15) is 0 Å². The number of nitrogens with zero attached hydrogens (tertiary/aromatic N) is 2. The maximum absolute atomic E-state index is 10.9. The summed E-state index contributed by atoms with van der Waals surface area (Å²) in [7, 11) is 0. The van der Waals surface area contributed by atoms with Crippen molar-refractivity contribution in [1.29, 1.82) is 0 Å². The number of benzene rings is 1. The fourth-order valence-electron chi connectivity index (χ4n) is 2.94. The molecule has 2 aromatic rings. The minimum atomic E-state index is 0.360. The van der Waals surface area contributed by atoms with Crippen molar-refractivity contribution in [2.75, 3.05) is 13.1 Å². The van der Waals surface area contributed by atoms with Gasteiger partial charge in [0.15, 0.2) is 0 Å². The zero-order valence-corrected chi connectivity index (χ0v) is 12.5. The Morgan fingerprint density at radius 2 is 1.90 bits per heavy atom. The van der Waals surface area contributed by atoms with E-state index in [0.717, 1.165) is 37.3 Å². The molecule has 2 heterocycles. The van der Waals surface area contributed by atoms with Crippen LogP contribution in [0, 0.1) is 13.8 Å². The lowest BCUT2D eigenvalue weighted by molar-refractivity contribution is -0.117. The van der Waals surface area contributed by atoms with Crippen LogP contribution in [0.25, 0.3) is 11.1 Å². The van der Waals surface area contributed by atoms with Crippen LogP contribution in [-0.2, 0) is 4.79 Å². The SMILES string of the molecule is Cc1ccc(-c2cc(C)nc(C3CCN(C=O)C3)c2)cc1. The van der Waals surface area contributed by atoms with Crippen molar-refractivity contribution in [3.05, 3.63) is 53.3 Å². The van der Waals surface area contributed by atoms with Gasteiger partial charge in [-0.2, -0.15) is 0 Å². The summed E-state index contributed by atoms with van der Waals surface area (Å²) >= 11 is 0. The van der Waals surface area contributed by atoms with E-state index in [1.807, 2.05) is 11.8 Å². The second-order valence-corrected chi connectivity index (χ2v) is 5.87. The number of rotatable bonds is 3. The van der Waals surface area contributed by atoms with Gasteiger partial charge in [0.2, 0.25) is 6.41 Å². The molecule has 0 bridgehead atoms. The van der Waals surface area contributed by atoms with Crippen LogP contribution in [0.1, 0.15) is 29.3 Å². The summed E-state index contributed by atoms with van der Waals surface area (Å²) in [4.78, 5) is 17.4. The quantitative estimate of drug-likeness (QED) is 0.808. The maximum atomic E-state index is 10.9. The van der Waals surface area contributed by atoms with Crippen LogP contribution < -0.4 is 0 Å². The fraction of sp³-hybridized carbons (Fsp3) is 0.333. The Labute approximate surface area is 125 Å². The molecule has 1 aliphatic heterocycles. The van der Waals surface area contributed by atoms with Crippen LogP contribution in [0.3, 0.4) is 0 Å². The van der Waals surface area contributed by atoms with E-state index in [-0.39, 0.29) is 0 Å². The molecule has 108 valence electrons. The molecule has 0 spiro atoms. The van der Waals surface area contributed by atoms with E-state index in [2.05, 4.69) is 48.3 Å². The number of carbonyl (C=O) groups excluding carboxylic acids is 1. The van der Waals surface area contributed by atoms with Crippen LogP contribution in [0.15, 0.2) is 36.4 Å². The first-order valence-corrected chi connectivity index (χ1v) is 7.40. The molecule has 3 rings (SSSR count). The molecular weight excluding hydrogens is 260 g/mol. The van der Waals surface area contributed by atoms with E-state index in [1.54, 1.807) is 0 Å². The summed E-state index contributed by atoms with van der Waals surface area (Å²) < 4.78 is 0. The molecule has 1 aromatic carbocycles. The molecular formula is C18H20N2O. The second kappa shape index (κ2) is 5.68. The van der Waals surface area contributed by atoms with Crippen LogP contribution in [0.4, 0.5) is 0 Å². The molecule has 21 heavy (non-hydrogen) atoms. The van der Waals surface area contributed by atoms with Crippen LogP contribution in [-0.4, -0.2) is 29.4 Å². The summed E-state index contributed by atoms with van der Waals surface area (Å²) in [5, 5.41) is 0. The predicted molar refractivity (Wildman–Crippen MR) is 84.1 cm³/mol. The van der Waals surface area contributed by atoms with Gasteiger partial charge in [-0.25, -0.2) is 0 Å². The number of likely N-dealkylation sites (tertiary alicyclic amines) is 1. The summed E-state index contributed by atoms with van der Waals surface area (Å²) in [6, 6.07) is 12.9. The van der Waals surface area contributed by atoms with Crippen molar-refractivity contribution in [2.24, 2.45) is 0 Å². The smallest absolute Gasteiger partial charge is 0.209 e. The van der Waals surface area contributed by atoms with Crippen molar-refractivity contribution in [3.63, 3.8) is 0 Å². The van der Waals surface area contributed by atoms with Gasteiger partial charge in [-0.05, 0) is 43.5 Å². The number of hydrogen-bond donors (Lipinski definition) is 0. The first-order chi connectivity index (χ1) is 10.2. The predicted octanol–water partition coefficient (Wildman–Crippen LogP) is 3.31. The first-order valence-electron chi connectivity index (χ1n) is 7.40. The highest BCUT2D eigenvalue weighted by atomic mass is 16.1. The molecule has 1 atom stereocenters. The molecule has 1 aromatic heterocycles. The van der Waals surface area contributed by atoms with Crippen molar-refractivity contribution >= 4 is 6.41 Å². The van der Waals surface area contributed by atoms with E-state index < -0.39 is 0 Å². The second-order valence-electron chi connectivity index (χ2n) is 5.87. The van der Waals surface area contributed by atoms with Gasteiger partial charge in [0.05, 0.1) is 0 Å². The van der Waals surface area contributed by atoms with Gasteiger partial charge < -0.3 is 4.90 Å². The largest absolute Gasteiger partial charge is 0.345 e. The zero-order valence-electron chi connectivity index (χ0n) is 12.5. The standard InChI is InChI=1S/C18H20N2O/c1-13-3-5-15(6-4-13)17-9-14(2)19-18(10-17)16-7-8-20(11-16)12-21/h3-6,9-10,12,16H,7-8,11H2,1-2H3. The lowest BCUT2D eigenvalue weighted by atomic mass is 9.98. The van der Waals surface area contributed by atoms with Crippen LogP contribution in [0.5, 0.6) is 0 Å². The van der Waals surface area contributed by atoms with Crippen LogP contribution >= 0.6 is 0 Å². The molecule has 1 amide bonds. The Balaban J connectivity index is 1.93. The monoisotopic (exact) mass is 280 g/mol. The number of hydrogen-bond acceptors (Lipinski definition) is 2. The number of amides is 1. The van der Waals surface area contributed by atoms with Crippen molar-refractivity contribution in [3.8, 4) is 11.1 Å². The van der Waals surface area contributed by atoms with Gasteiger partial charge in [-0.15, -0.1) is 0 Å². The van der Waals surface area contributed by atoms with Crippen molar-refractivity contribution in [2.45, 2.75) is 26.2 Å². The fourth-order valence-corrected chi connectivity index (χ4v) is 2.94. The summed E-state index contributed by atoms with van der Waals surface area (Å²) in [6.07, 6.45) is 1.94. The highest BCUT2D eigenvalue weighted by Crippen LogP contribution is 2.29. The minimum Gasteiger partial charge on any atom is -0.345 e. The van der Waals surface area contributed by atoms with Crippen molar-refractivity contribution < 1.29 is 4.79 Å². The third-order valence-electron chi connectivity index (χ3n) is 4.15. The Bertz CT molecular complexity index is 649. The highest BCUT2D eigenvalue weighted by molar-refractivity contribution is 5.64. The Kier molecular flexibility index (Phi) is 3.74. The van der Waals surface area contributed by atoms with Gasteiger partial charge >= 0.3 is 0 Å². The van der Waals surface area contributed by atoms with E-state index in [1.165, 1.54) is 16.7 Å². The minimum absolute atomic E-state index is 0.360. The van der Waals surface area contributed by atoms with Crippen LogP contribution in [0.2, 0.25) is 0 Å².